The Morgan fingerprint density at radius 2 is 1.69 bits per heavy atom. The van der Waals surface area contributed by atoms with Crippen LogP contribution in [0.15, 0.2) is 59.5 Å². The van der Waals surface area contributed by atoms with E-state index in [2.05, 4.69) is 5.32 Å². The molecule has 0 aromatic heterocycles. The Labute approximate surface area is 168 Å². The number of ether oxygens (including phenoxy) is 1. The number of imide groups is 1. The monoisotopic (exact) mass is 419 g/mol. The largest absolute Gasteiger partial charge is 0.449 e. The van der Waals surface area contributed by atoms with Crippen molar-refractivity contribution in [2.24, 2.45) is 0 Å². The maximum Gasteiger partial charge on any atom is 0.338 e. The molecular weight excluding hydrogens is 398 g/mol. The molecule has 3 amide bonds. The SMILES string of the molecule is CNC(=O)NC(=O)[C@@H](C)OC(=O)c1cccc(S(=O)(=O)N(C)c2ccccc2)c1. The van der Waals surface area contributed by atoms with Crippen molar-refractivity contribution in [3.8, 4) is 0 Å². The molecule has 0 fully saturated rings. The number of amides is 3. The highest BCUT2D eigenvalue weighted by atomic mass is 32.2. The highest BCUT2D eigenvalue weighted by molar-refractivity contribution is 7.92. The second-order valence-corrected chi connectivity index (χ2v) is 7.92. The van der Waals surface area contributed by atoms with Gasteiger partial charge < -0.3 is 10.1 Å². The molecule has 0 aliphatic rings. The summed E-state index contributed by atoms with van der Waals surface area (Å²) in [5.74, 6) is -1.71. The Bertz CT molecular complexity index is 1010. The molecular formula is C19H21N3O6S. The molecule has 10 heteroatoms. The van der Waals surface area contributed by atoms with Crippen molar-refractivity contribution in [3.05, 3.63) is 60.2 Å². The molecule has 29 heavy (non-hydrogen) atoms. The molecule has 0 spiro atoms. The summed E-state index contributed by atoms with van der Waals surface area (Å²) in [5, 5.41) is 4.19. The van der Waals surface area contributed by atoms with E-state index in [1.54, 1.807) is 30.3 Å². The minimum absolute atomic E-state index is 0.0490. The maximum atomic E-state index is 12.9. The van der Waals surface area contributed by atoms with Gasteiger partial charge in [0, 0.05) is 14.1 Å². The van der Waals surface area contributed by atoms with E-state index in [4.69, 9.17) is 4.74 Å². The quantitative estimate of drug-likeness (QED) is 0.685. The highest BCUT2D eigenvalue weighted by Crippen LogP contribution is 2.22. The summed E-state index contributed by atoms with van der Waals surface area (Å²) in [4.78, 5) is 35.2. The number of nitrogens with one attached hydrogen (secondary N) is 2. The first-order valence-corrected chi connectivity index (χ1v) is 9.98. The Kier molecular flexibility index (Phi) is 6.94. The van der Waals surface area contributed by atoms with Crippen molar-refractivity contribution in [2.75, 3.05) is 18.4 Å². The fourth-order valence-corrected chi connectivity index (χ4v) is 3.52. The number of nitrogens with zero attached hydrogens (tertiary/aromatic N) is 1. The molecule has 0 saturated carbocycles. The summed E-state index contributed by atoms with van der Waals surface area (Å²) in [6.45, 7) is 1.29. The van der Waals surface area contributed by atoms with Crippen LogP contribution >= 0.6 is 0 Å². The van der Waals surface area contributed by atoms with Crippen LogP contribution in [0, 0.1) is 0 Å². The fraction of sp³-hybridized carbons (Fsp3) is 0.211. The van der Waals surface area contributed by atoms with Gasteiger partial charge in [-0.3, -0.25) is 14.4 Å². The fourth-order valence-electron chi connectivity index (χ4n) is 2.28. The van der Waals surface area contributed by atoms with E-state index in [1.165, 1.54) is 45.3 Å². The number of benzene rings is 2. The minimum Gasteiger partial charge on any atom is -0.449 e. The number of urea groups is 1. The van der Waals surface area contributed by atoms with Crippen LogP contribution in [-0.2, 0) is 19.6 Å². The Balaban J connectivity index is 2.19. The first-order chi connectivity index (χ1) is 13.7. The molecule has 0 unspecified atom stereocenters. The Hall–Kier alpha value is -3.40. The van der Waals surface area contributed by atoms with E-state index in [0.717, 1.165) is 4.31 Å². The van der Waals surface area contributed by atoms with Crippen molar-refractivity contribution in [1.29, 1.82) is 0 Å². The lowest BCUT2D eigenvalue weighted by Crippen LogP contribution is -2.43. The molecule has 1 atom stereocenters. The average molecular weight is 419 g/mol. The summed E-state index contributed by atoms with van der Waals surface area (Å²) in [5.41, 5.74) is 0.409. The zero-order valence-electron chi connectivity index (χ0n) is 16.1. The average Bonchev–Trinajstić information content (AvgIpc) is 2.73. The summed E-state index contributed by atoms with van der Waals surface area (Å²) in [6, 6.07) is 13.0. The van der Waals surface area contributed by atoms with Crippen molar-refractivity contribution in [1.82, 2.24) is 10.6 Å². The summed E-state index contributed by atoms with van der Waals surface area (Å²) in [6.07, 6.45) is -1.26. The van der Waals surface area contributed by atoms with Gasteiger partial charge in [-0.1, -0.05) is 24.3 Å². The molecule has 2 rings (SSSR count). The van der Waals surface area contributed by atoms with Gasteiger partial charge in [0.1, 0.15) is 0 Å². The van der Waals surface area contributed by atoms with Crippen LogP contribution in [0.3, 0.4) is 0 Å². The molecule has 0 aliphatic carbocycles. The smallest absolute Gasteiger partial charge is 0.338 e. The lowest BCUT2D eigenvalue weighted by molar-refractivity contribution is -0.127. The van der Waals surface area contributed by atoms with Gasteiger partial charge in [-0.15, -0.1) is 0 Å². The van der Waals surface area contributed by atoms with Gasteiger partial charge in [0.05, 0.1) is 16.1 Å². The Morgan fingerprint density at radius 3 is 2.31 bits per heavy atom. The number of anilines is 1. The third-order valence-corrected chi connectivity index (χ3v) is 5.75. The zero-order chi connectivity index (χ0) is 21.6. The van der Waals surface area contributed by atoms with Gasteiger partial charge in [0.15, 0.2) is 6.10 Å². The van der Waals surface area contributed by atoms with Crippen LogP contribution in [0.4, 0.5) is 10.5 Å². The lowest BCUT2D eigenvalue weighted by atomic mass is 10.2. The molecule has 2 aromatic rings. The van der Waals surface area contributed by atoms with E-state index in [0.29, 0.717) is 5.69 Å². The Morgan fingerprint density at radius 1 is 1.03 bits per heavy atom. The third kappa shape index (κ3) is 5.32. The van der Waals surface area contributed by atoms with E-state index in [1.807, 2.05) is 5.32 Å². The first-order valence-electron chi connectivity index (χ1n) is 8.54. The van der Waals surface area contributed by atoms with Crippen molar-refractivity contribution in [3.63, 3.8) is 0 Å². The number of carbonyl (C=O) groups is 3. The second-order valence-electron chi connectivity index (χ2n) is 5.95. The van der Waals surface area contributed by atoms with E-state index in [9.17, 15) is 22.8 Å². The molecule has 0 bridgehead atoms. The summed E-state index contributed by atoms with van der Waals surface area (Å²) < 4.78 is 31.8. The zero-order valence-corrected chi connectivity index (χ0v) is 16.9. The maximum absolute atomic E-state index is 12.9. The van der Waals surface area contributed by atoms with Crippen LogP contribution in [0.25, 0.3) is 0 Å². The predicted molar refractivity (Wildman–Crippen MR) is 106 cm³/mol. The molecule has 0 saturated heterocycles. The third-order valence-electron chi connectivity index (χ3n) is 3.96. The summed E-state index contributed by atoms with van der Waals surface area (Å²) in [7, 11) is -1.18. The van der Waals surface area contributed by atoms with E-state index < -0.39 is 34.0 Å². The van der Waals surface area contributed by atoms with Crippen LogP contribution in [0.2, 0.25) is 0 Å². The highest BCUT2D eigenvalue weighted by Gasteiger charge is 2.24. The van der Waals surface area contributed by atoms with Crippen molar-refractivity contribution >= 4 is 33.6 Å². The van der Waals surface area contributed by atoms with Gasteiger partial charge >= 0.3 is 12.0 Å². The molecule has 0 radical (unpaired) electrons. The predicted octanol–water partition coefficient (Wildman–Crippen LogP) is 1.51. The molecule has 0 heterocycles. The number of esters is 1. The number of sulfonamides is 1. The van der Waals surface area contributed by atoms with Gasteiger partial charge in [0.2, 0.25) is 0 Å². The van der Waals surface area contributed by atoms with Gasteiger partial charge in [-0.05, 0) is 37.3 Å². The topological polar surface area (TPSA) is 122 Å². The van der Waals surface area contributed by atoms with E-state index in [-0.39, 0.29) is 10.5 Å². The van der Waals surface area contributed by atoms with Crippen molar-refractivity contribution < 1.29 is 27.5 Å². The standard InChI is InChI=1S/C19H21N3O6S/c1-13(17(23)21-19(25)20-2)28-18(24)14-8-7-11-16(12-14)29(26,27)22(3)15-9-5-4-6-10-15/h4-13H,1-3H3,(H2,20,21,23,25)/t13-/m1/s1. The number of hydrogen-bond donors (Lipinski definition) is 2. The number of carbonyl (C=O) groups excluding carboxylic acids is 3. The summed E-state index contributed by atoms with van der Waals surface area (Å²) >= 11 is 0. The van der Waals surface area contributed by atoms with Crippen LogP contribution in [0.1, 0.15) is 17.3 Å². The van der Waals surface area contributed by atoms with E-state index >= 15 is 0 Å². The number of rotatable bonds is 6. The van der Waals surface area contributed by atoms with Crippen molar-refractivity contribution in [2.45, 2.75) is 17.9 Å². The van der Waals surface area contributed by atoms with Gasteiger partial charge in [-0.25, -0.2) is 18.0 Å². The van der Waals surface area contributed by atoms with Gasteiger partial charge in [-0.2, -0.15) is 0 Å². The lowest BCUT2D eigenvalue weighted by Gasteiger charge is -2.20. The van der Waals surface area contributed by atoms with Crippen LogP contribution in [-0.4, -0.2) is 46.5 Å². The van der Waals surface area contributed by atoms with Gasteiger partial charge in [0.25, 0.3) is 15.9 Å². The number of para-hydroxylation sites is 1. The minimum atomic E-state index is -3.92. The normalized spacial score (nSPS) is 11.8. The van der Waals surface area contributed by atoms with Crippen LogP contribution < -0.4 is 14.9 Å². The van der Waals surface area contributed by atoms with Crippen LogP contribution in [0.5, 0.6) is 0 Å². The first kappa shape index (κ1) is 21.9. The molecule has 0 aliphatic heterocycles. The number of hydrogen-bond acceptors (Lipinski definition) is 6. The molecule has 9 nitrogen and oxygen atoms in total. The molecule has 2 N–H and O–H groups in total. The molecule has 2 aromatic carbocycles. The molecule has 154 valence electrons. The second kappa shape index (κ2) is 9.20.